The Kier molecular flexibility index (Phi) is 4.25. The van der Waals surface area contributed by atoms with Gasteiger partial charge in [-0.1, -0.05) is 42.5 Å². The third-order valence-electron chi connectivity index (χ3n) is 5.21. The molecule has 28 heavy (non-hydrogen) atoms. The van der Waals surface area contributed by atoms with E-state index in [4.69, 9.17) is 4.74 Å². The second-order valence-electron chi connectivity index (χ2n) is 7.01. The van der Waals surface area contributed by atoms with E-state index in [1.807, 2.05) is 30.3 Å². The number of anilines is 1. The summed E-state index contributed by atoms with van der Waals surface area (Å²) in [5.74, 6) is 0.426. The number of benzene rings is 2. The topological polar surface area (TPSA) is 79.9 Å². The Morgan fingerprint density at radius 1 is 1.11 bits per heavy atom. The standard InChI is InChI=1S/C22H20N4O2/c27-21-19-18(17-9-3-6-14-5-1-2-8-16(14)17)10-11-23-20(19)25-22(26-21)24-13-15-7-4-12-28-15/h1-3,5-6,8-11,15H,4,7,12-13H2,(H2,23,24,25,26,27). The summed E-state index contributed by atoms with van der Waals surface area (Å²) in [5.41, 5.74) is 2.07. The molecule has 0 aliphatic carbocycles. The molecule has 1 atom stereocenters. The Labute approximate surface area is 161 Å². The minimum Gasteiger partial charge on any atom is -0.376 e. The summed E-state index contributed by atoms with van der Waals surface area (Å²) >= 11 is 0. The molecule has 5 rings (SSSR count). The molecule has 140 valence electrons. The van der Waals surface area contributed by atoms with Crippen molar-refractivity contribution in [2.75, 3.05) is 18.5 Å². The number of aromatic amines is 1. The van der Waals surface area contributed by atoms with Crippen molar-refractivity contribution in [2.24, 2.45) is 0 Å². The number of hydrogen-bond donors (Lipinski definition) is 2. The summed E-state index contributed by atoms with van der Waals surface area (Å²) in [6.45, 7) is 1.42. The highest BCUT2D eigenvalue weighted by Crippen LogP contribution is 2.31. The van der Waals surface area contributed by atoms with E-state index in [0.717, 1.165) is 41.3 Å². The van der Waals surface area contributed by atoms with Crippen LogP contribution in [-0.4, -0.2) is 34.2 Å². The Hall–Kier alpha value is -3.25. The molecule has 0 saturated carbocycles. The lowest BCUT2D eigenvalue weighted by Crippen LogP contribution is -2.22. The van der Waals surface area contributed by atoms with Crippen LogP contribution >= 0.6 is 0 Å². The van der Waals surface area contributed by atoms with Gasteiger partial charge in [-0.05, 0) is 35.2 Å². The Morgan fingerprint density at radius 3 is 2.89 bits per heavy atom. The van der Waals surface area contributed by atoms with Crippen LogP contribution in [0.15, 0.2) is 59.5 Å². The van der Waals surface area contributed by atoms with Crippen LogP contribution in [0.4, 0.5) is 5.95 Å². The first-order chi connectivity index (χ1) is 13.8. The van der Waals surface area contributed by atoms with Crippen molar-refractivity contribution in [1.29, 1.82) is 0 Å². The minimum absolute atomic E-state index is 0.163. The van der Waals surface area contributed by atoms with Crippen molar-refractivity contribution in [3.63, 3.8) is 0 Å². The van der Waals surface area contributed by atoms with Gasteiger partial charge in [0.2, 0.25) is 5.95 Å². The van der Waals surface area contributed by atoms with Gasteiger partial charge < -0.3 is 10.1 Å². The lowest BCUT2D eigenvalue weighted by molar-refractivity contribution is 0.120. The van der Waals surface area contributed by atoms with Gasteiger partial charge in [-0.3, -0.25) is 9.78 Å². The van der Waals surface area contributed by atoms with Crippen LogP contribution in [0.5, 0.6) is 0 Å². The van der Waals surface area contributed by atoms with Crippen molar-refractivity contribution in [3.8, 4) is 11.1 Å². The number of fused-ring (bicyclic) bond motifs is 2. The predicted molar refractivity (Wildman–Crippen MR) is 111 cm³/mol. The second kappa shape index (κ2) is 7.05. The maximum Gasteiger partial charge on any atom is 0.262 e. The highest BCUT2D eigenvalue weighted by Gasteiger charge is 2.17. The second-order valence-corrected chi connectivity index (χ2v) is 7.01. The zero-order valence-corrected chi connectivity index (χ0v) is 15.3. The van der Waals surface area contributed by atoms with Crippen LogP contribution < -0.4 is 10.9 Å². The number of pyridine rings is 1. The summed E-state index contributed by atoms with van der Waals surface area (Å²) in [6.07, 6.45) is 3.96. The molecule has 1 saturated heterocycles. The molecule has 0 amide bonds. The van der Waals surface area contributed by atoms with Crippen molar-refractivity contribution in [1.82, 2.24) is 15.0 Å². The maximum absolute atomic E-state index is 12.9. The molecule has 3 heterocycles. The van der Waals surface area contributed by atoms with E-state index in [1.54, 1.807) is 6.20 Å². The molecule has 0 radical (unpaired) electrons. The van der Waals surface area contributed by atoms with Gasteiger partial charge in [-0.2, -0.15) is 4.98 Å². The third-order valence-corrected chi connectivity index (χ3v) is 5.21. The molecule has 2 aromatic carbocycles. The van der Waals surface area contributed by atoms with Crippen molar-refractivity contribution < 1.29 is 4.74 Å². The zero-order valence-electron chi connectivity index (χ0n) is 15.3. The SMILES string of the molecule is O=c1[nH]c(NCC2CCCO2)nc2nccc(-c3cccc4ccccc34)c12. The van der Waals surface area contributed by atoms with E-state index in [1.165, 1.54) is 0 Å². The van der Waals surface area contributed by atoms with E-state index < -0.39 is 0 Å². The predicted octanol–water partition coefficient (Wildman–Crippen LogP) is 3.73. The van der Waals surface area contributed by atoms with Crippen LogP contribution in [0.2, 0.25) is 0 Å². The quantitative estimate of drug-likeness (QED) is 0.571. The van der Waals surface area contributed by atoms with Crippen LogP contribution in [0, 0.1) is 0 Å². The highest BCUT2D eigenvalue weighted by atomic mass is 16.5. The third kappa shape index (κ3) is 3.01. The average molecular weight is 372 g/mol. The molecule has 4 aromatic rings. The summed E-state index contributed by atoms with van der Waals surface area (Å²) in [7, 11) is 0. The Bertz CT molecular complexity index is 1210. The number of rotatable bonds is 4. The molecule has 6 heteroatoms. The van der Waals surface area contributed by atoms with Gasteiger partial charge in [0.25, 0.3) is 5.56 Å². The monoisotopic (exact) mass is 372 g/mol. The molecule has 2 aromatic heterocycles. The van der Waals surface area contributed by atoms with Crippen LogP contribution in [0.3, 0.4) is 0 Å². The zero-order chi connectivity index (χ0) is 18.9. The van der Waals surface area contributed by atoms with Gasteiger partial charge in [0.1, 0.15) is 0 Å². The summed E-state index contributed by atoms with van der Waals surface area (Å²) in [4.78, 5) is 24.7. The molecule has 0 bridgehead atoms. The molecular formula is C22H20N4O2. The molecule has 1 unspecified atom stereocenters. The fourth-order valence-corrected chi connectivity index (χ4v) is 3.85. The van der Waals surface area contributed by atoms with Gasteiger partial charge in [0.05, 0.1) is 11.5 Å². The number of ether oxygens (including phenoxy) is 1. The largest absolute Gasteiger partial charge is 0.376 e. The number of aromatic nitrogens is 3. The van der Waals surface area contributed by atoms with Crippen molar-refractivity contribution >= 4 is 27.8 Å². The van der Waals surface area contributed by atoms with E-state index in [9.17, 15) is 4.79 Å². The number of H-pyrrole nitrogens is 1. The molecular weight excluding hydrogens is 352 g/mol. The molecule has 0 spiro atoms. The summed E-state index contributed by atoms with van der Waals surface area (Å²) in [5, 5.41) is 5.90. The molecule has 2 N–H and O–H groups in total. The fraction of sp³-hybridized carbons (Fsp3) is 0.227. The Balaban J connectivity index is 1.59. The van der Waals surface area contributed by atoms with Gasteiger partial charge in [-0.25, -0.2) is 4.98 Å². The van der Waals surface area contributed by atoms with Gasteiger partial charge in [0, 0.05) is 24.9 Å². The molecule has 1 fully saturated rings. The minimum atomic E-state index is -0.198. The lowest BCUT2D eigenvalue weighted by atomic mass is 9.97. The van der Waals surface area contributed by atoms with E-state index in [-0.39, 0.29) is 11.7 Å². The first-order valence-corrected chi connectivity index (χ1v) is 9.52. The van der Waals surface area contributed by atoms with Crippen molar-refractivity contribution in [3.05, 3.63) is 65.1 Å². The van der Waals surface area contributed by atoms with Crippen LogP contribution in [-0.2, 0) is 4.74 Å². The van der Waals surface area contributed by atoms with Crippen LogP contribution in [0.1, 0.15) is 12.8 Å². The number of nitrogens with zero attached hydrogens (tertiary/aromatic N) is 2. The molecule has 1 aliphatic rings. The van der Waals surface area contributed by atoms with E-state index in [0.29, 0.717) is 23.5 Å². The van der Waals surface area contributed by atoms with Gasteiger partial charge >= 0.3 is 0 Å². The Morgan fingerprint density at radius 2 is 2.00 bits per heavy atom. The molecule has 6 nitrogen and oxygen atoms in total. The summed E-state index contributed by atoms with van der Waals surface area (Å²) < 4.78 is 5.61. The molecule has 1 aliphatic heterocycles. The van der Waals surface area contributed by atoms with E-state index in [2.05, 4.69) is 38.5 Å². The first-order valence-electron chi connectivity index (χ1n) is 9.52. The maximum atomic E-state index is 12.9. The highest BCUT2D eigenvalue weighted by molar-refractivity contribution is 6.03. The normalized spacial score (nSPS) is 16.6. The average Bonchev–Trinajstić information content (AvgIpc) is 3.25. The summed E-state index contributed by atoms with van der Waals surface area (Å²) in [6, 6.07) is 16.1. The lowest BCUT2D eigenvalue weighted by Gasteiger charge is -2.12. The fourth-order valence-electron chi connectivity index (χ4n) is 3.85. The smallest absolute Gasteiger partial charge is 0.262 e. The first kappa shape index (κ1) is 16.9. The number of hydrogen-bond acceptors (Lipinski definition) is 5. The van der Waals surface area contributed by atoms with Crippen molar-refractivity contribution in [2.45, 2.75) is 18.9 Å². The van der Waals surface area contributed by atoms with Gasteiger partial charge in [0.15, 0.2) is 5.65 Å². The van der Waals surface area contributed by atoms with E-state index >= 15 is 0 Å². The van der Waals surface area contributed by atoms with Gasteiger partial charge in [-0.15, -0.1) is 0 Å². The van der Waals surface area contributed by atoms with Crippen LogP contribution in [0.25, 0.3) is 32.9 Å². The number of nitrogens with one attached hydrogen (secondary N) is 2.